The van der Waals surface area contributed by atoms with Crippen molar-refractivity contribution in [3.05, 3.63) is 23.4 Å². The largest absolute Gasteiger partial charge is 0.276 e. The van der Waals surface area contributed by atoms with Gasteiger partial charge in [-0.3, -0.25) is 9.25 Å². The first-order chi connectivity index (χ1) is 9.56. The van der Waals surface area contributed by atoms with E-state index in [9.17, 15) is 0 Å². The van der Waals surface area contributed by atoms with Crippen molar-refractivity contribution >= 4 is 22.8 Å². The maximum Gasteiger partial charge on any atom is 0.163 e. The summed E-state index contributed by atoms with van der Waals surface area (Å²) in [7, 11) is 3.84. The normalized spacial score (nSPS) is 11.7. The van der Waals surface area contributed by atoms with E-state index in [0.29, 0.717) is 5.88 Å². The van der Waals surface area contributed by atoms with Gasteiger partial charge in [0.1, 0.15) is 11.3 Å². The molecule has 0 aliphatic rings. The fraction of sp³-hybridized carbons (Fsp3) is 0.462. The number of hydrogen-bond acceptors (Lipinski definition) is 3. The molecule has 20 heavy (non-hydrogen) atoms. The molecule has 3 rings (SSSR count). The van der Waals surface area contributed by atoms with E-state index >= 15 is 0 Å². The van der Waals surface area contributed by atoms with Crippen molar-refractivity contribution in [2.45, 2.75) is 26.1 Å². The number of aryl methyl sites for hydroxylation is 4. The van der Waals surface area contributed by atoms with Gasteiger partial charge >= 0.3 is 0 Å². The average Bonchev–Trinajstić information content (AvgIpc) is 3.03. The lowest BCUT2D eigenvalue weighted by molar-refractivity contribution is 0.743. The van der Waals surface area contributed by atoms with Crippen LogP contribution in [-0.4, -0.2) is 29.1 Å². The third kappa shape index (κ3) is 1.75. The van der Waals surface area contributed by atoms with Crippen LogP contribution in [0.1, 0.15) is 24.1 Å². The molecule has 0 amide bonds. The van der Waals surface area contributed by atoms with Crippen LogP contribution in [0.5, 0.6) is 0 Å². The van der Waals surface area contributed by atoms with Gasteiger partial charge in [0.25, 0.3) is 0 Å². The summed E-state index contributed by atoms with van der Waals surface area (Å²) < 4.78 is 5.71. The SMILES string of the molecule is CCc1nn(C)c2c1nc(CCl)n2-c1cn(C)nc1C. The lowest BCUT2D eigenvalue weighted by Crippen LogP contribution is -2.04. The summed E-state index contributed by atoms with van der Waals surface area (Å²) in [5, 5.41) is 8.93. The second-order valence-corrected chi connectivity index (χ2v) is 5.13. The average molecular weight is 293 g/mol. The Kier molecular flexibility index (Phi) is 3.05. The van der Waals surface area contributed by atoms with Crippen molar-refractivity contribution in [2.24, 2.45) is 14.1 Å². The summed E-state index contributed by atoms with van der Waals surface area (Å²) in [5.74, 6) is 1.17. The van der Waals surface area contributed by atoms with Crippen molar-refractivity contribution < 1.29 is 0 Å². The molecular weight excluding hydrogens is 276 g/mol. The maximum absolute atomic E-state index is 6.08. The second kappa shape index (κ2) is 4.63. The minimum absolute atomic E-state index is 0.353. The van der Waals surface area contributed by atoms with Gasteiger partial charge in [-0.25, -0.2) is 9.67 Å². The highest BCUT2D eigenvalue weighted by Crippen LogP contribution is 2.26. The first-order valence-electron chi connectivity index (χ1n) is 6.56. The minimum Gasteiger partial charge on any atom is -0.276 e. The third-order valence-corrected chi connectivity index (χ3v) is 3.70. The van der Waals surface area contributed by atoms with Crippen LogP contribution in [0, 0.1) is 6.92 Å². The molecule has 3 aromatic heterocycles. The van der Waals surface area contributed by atoms with Gasteiger partial charge in [-0.2, -0.15) is 10.2 Å². The Morgan fingerprint density at radius 2 is 2.00 bits per heavy atom. The van der Waals surface area contributed by atoms with Gasteiger partial charge in [-0.05, 0) is 13.3 Å². The van der Waals surface area contributed by atoms with Crippen LogP contribution in [-0.2, 0) is 26.4 Å². The highest BCUT2D eigenvalue weighted by Gasteiger charge is 2.21. The van der Waals surface area contributed by atoms with Gasteiger partial charge in [-0.15, -0.1) is 11.6 Å². The molecule has 0 saturated heterocycles. The monoisotopic (exact) mass is 292 g/mol. The Hall–Kier alpha value is -1.82. The van der Waals surface area contributed by atoms with Gasteiger partial charge in [-0.1, -0.05) is 6.92 Å². The zero-order chi connectivity index (χ0) is 14.4. The van der Waals surface area contributed by atoms with E-state index in [1.165, 1.54) is 0 Å². The van der Waals surface area contributed by atoms with Gasteiger partial charge in [0.2, 0.25) is 0 Å². The van der Waals surface area contributed by atoms with E-state index in [2.05, 4.69) is 26.7 Å². The molecule has 0 spiro atoms. The zero-order valence-corrected chi connectivity index (χ0v) is 12.8. The number of halogens is 1. The quantitative estimate of drug-likeness (QED) is 0.695. The van der Waals surface area contributed by atoms with Crippen molar-refractivity contribution in [1.82, 2.24) is 29.1 Å². The molecule has 0 N–H and O–H groups in total. The van der Waals surface area contributed by atoms with Crippen LogP contribution in [0.15, 0.2) is 6.20 Å². The number of rotatable bonds is 3. The molecular formula is C13H17ClN6. The van der Waals surface area contributed by atoms with Crippen molar-refractivity contribution in [2.75, 3.05) is 0 Å². The molecule has 0 unspecified atom stereocenters. The molecule has 0 bridgehead atoms. The molecule has 0 radical (unpaired) electrons. The van der Waals surface area contributed by atoms with Crippen LogP contribution < -0.4 is 0 Å². The van der Waals surface area contributed by atoms with E-state index in [0.717, 1.165) is 40.5 Å². The van der Waals surface area contributed by atoms with Crippen LogP contribution in [0.4, 0.5) is 0 Å². The van der Waals surface area contributed by atoms with E-state index in [1.54, 1.807) is 4.68 Å². The zero-order valence-electron chi connectivity index (χ0n) is 12.1. The molecule has 0 fully saturated rings. The number of alkyl halides is 1. The summed E-state index contributed by atoms with van der Waals surface area (Å²) >= 11 is 6.08. The number of aromatic nitrogens is 6. The lowest BCUT2D eigenvalue weighted by atomic mass is 10.3. The Morgan fingerprint density at radius 3 is 2.55 bits per heavy atom. The van der Waals surface area contributed by atoms with Crippen LogP contribution in [0.3, 0.4) is 0 Å². The first-order valence-corrected chi connectivity index (χ1v) is 7.10. The molecule has 0 aliphatic heterocycles. The molecule has 6 nitrogen and oxygen atoms in total. The predicted octanol–water partition coefficient (Wildman–Crippen LogP) is 2.10. The molecule has 0 saturated carbocycles. The van der Waals surface area contributed by atoms with Crippen LogP contribution >= 0.6 is 11.6 Å². The molecule has 0 aliphatic carbocycles. The van der Waals surface area contributed by atoms with E-state index in [4.69, 9.17) is 11.6 Å². The molecule has 0 atom stereocenters. The Labute approximate surface area is 122 Å². The fourth-order valence-electron chi connectivity index (χ4n) is 2.61. The summed E-state index contributed by atoms with van der Waals surface area (Å²) in [4.78, 5) is 4.66. The van der Waals surface area contributed by atoms with E-state index < -0.39 is 0 Å². The van der Waals surface area contributed by atoms with E-state index in [-0.39, 0.29) is 0 Å². The number of hydrogen-bond donors (Lipinski definition) is 0. The Bertz CT molecular complexity index is 779. The van der Waals surface area contributed by atoms with E-state index in [1.807, 2.05) is 31.9 Å². The standard InChI is InChI=1S/C13H17ClN6/c1-5-9-12-13(19(4)17-9)20(11(6-14)15-12)10-7-18(3)16-8(10)2/h7H,5-6H2,1-4H3. The van der Waals surface area contributed by atoms with Crippen LogP contribution in [0.25, 0.3) is 16.9 Å². The van der Waals surface area contributed by atoms with Gasteiger partial charge in [0.15, 0.2) is 5.65 Å². The molecule has 106 valence electrons. The molecule has 3 aromatic rings. The molecule has 7 heteroatoms. The topological polar surface area (TPSA) is 53.5 Å². The highest BCUT2D eigenvalue weighted by molar-refractivity contribution is 6.17. The molecule has 3 heterocycles. The number of fused-ring (bicyclic) bond motifs is 1. The van der Waals surface area contributed by atoms with Gasteiger partial charge < -0.3 is 0 Å². The Balaban J connectivity index is 2.39. The second-order valence-electron chi connectivity index (χ2n) is 4.87. The van der Waals surface area contributed by atoms with Gasteiger partial charge in [0.05, 0.1) is 23.0 Å². The summed E-state index contributed by atoms with van der Waals surface area (Å²) in [6.07, 6.45) is 2.83. The maximum atomic E-state index is 6.08. The van der Waals surface area contributed by atoms with Gasteiger partial charge in [0, 0.05) is 20.3 Å². The number of imidazole rings is 1. The van der Waals surface area contributed by atoms with Crippen molar-refractivity contribution in [3.8, 4) is 5.69 Å². The van der Waals surface area contributed by atoms with Crippen molar-refractivity contribution in [1.29, 1.82) is 0 Å². The lowest BCUT2D eigenvalue weighted by Gasteiger charge is -2.06. The number of nitrogens with zero attached hydrogens (tertiary/aromatic N) is 6. The van der Waals surface area contributed by atoms with Crippen LogP contribution in [0.2, 0.25) is 0 Å². The Morgan fingerprint density at radius 1 is 1.25 bits per heavy atom. The third-order valence-electron chi connectivity index (χ3n) is 3.46. The van der Waals surface area contributed by atoms with Crippen molar-refractivity contribution in [3.63, 3.8) is 0 Å². The first kappa shape index (κ1) is 13.2. The minimum atomic E-state index is 0.353. The summed E-state index contributed by atoms with van der Waals surface area (Å²) in [6, 6.07) is 0. The predicted molar refractivity (Wildman–Crippen MR) is 78.3 cm³/mol. The fourth-order valence-corrected chi connectivity index (χ4v) is 2.79. The molecule has 0 aromatic carbocycles. The smallest absolute Gasteiger partial charge is 0.163 e. The summed E-state index contributed by atoms with van der Waals surface area (Å²) in [5.41, 5.74) is 4.82. The summed E-state index contributed by atoms with van der Waals surface area (Å²) in [6.45, 7) is 4.06. The highest BCUT2D eigenvalue weighted by atomic mass is 35.5.